The van der Waals surface area contributed by atoms with E-state index in [1.165, 1.54) is 25.3 Å². The quantitative estimate of drug-likeness (QED) is 0.499. The molecular formula is C21H25FN4O3S2. The molecule has 1 heterocycles. The van der Waals surface area contributed by atoms with Gasteiger partial charge in [0.25, 0.3) is 0 Å². The van der Waals surface area contributed by atoms with Gasteiger partial charge in [-0.15, -0.1) is 0 Å². The van der Waals surface area contributed by atoms with Gasteiger partial charge >= 0.3 is 0 Å². The molecule has 0 aliphatic carbocycles. The molecule has 3 aromatic rings. The highest BCUT2D eigenvalue weighted by atomic mass is 32.2. The number of hydrogen-bond acceptors (Lipinski definition) is 8. The minimum Gasteiger partial charge on any atom is -0.497 e. The Morgan fingerprint density at radius 2 is 1.94 bits per heavy atom. The number of ether oxygens (including phenoxy) is 1. The number of halogens is 1. The van der Waals surface area contributed by atoms with Gasteiger partial charge in [0.2, 0.25) is 5.13 Å². The maximum absolute atomic E-state index is 13.5. The normalized spacial score (nSPS) is 13.6. The molecule has 0 saturated heterocycles. The molecule has 3 N–H and O–H groups in total. The van der Waals surface area contributed by atoms with Crippen molar-refractivity contribution >= 4 is 26.5 Å². The molecule has 0 radical (unpaired) electrons. The SMILES string of the molecule is COc1ccc(S(=O)(=O)C(CC(C)N)Nc2nc(Cc3ccc(F)c(C)c3)ns2)cc1. The van der Waals surface area contributed by atoms with Crippen LogP contribution in [-0.4, -0.2) is 36.3 Å². The number of methoxy groups -OCH3 is 1. The number of sulfone groups is 1. The van der Waals surface area contributed by atoms with Gasteiger partial charge in [-0.3, -0.25) is 0 Å². The van der Waals surface area contributed by atoms with Crippen LogP contribution in [0.3, 0.4) is 0 Å². The van der Waals surface area contributed by atoms with Crippen molar-refractivity contribution in [1.82, 2.24) is 9.36 Å². The van der Waals surface area contributed by atoms with Crippen LogP contribution in [-0.2, 0) is 16.3 Å². The molecule has 0 spiro atoms. The van der Waals surface area contributed by atoms with E-state index in [2.05, 4.69) is 14.7 Å². The summed E-state index contributed by atoms with van der Waals surface area (Å²) in [5.41, 5.74) is 7.34. The number of nitrogens with two attached hydrogens (primary N) is 1. The van der Waals surface area contributed by atoms with E-state index in [1.54, 1.807) is 38.1 Å². The van der Waals surface area contributed by atoms with Gasteiger partial charge < -0.3 is 15.8 Å². The zero-order valence-electron chi connectivity index (χ0n) is 17.5. The van der Waals surface area contributed by atoms with Crippen molar-refractivity contribution < 1.29 is 17.5 Å². The first-order chi connectivity index (χ1) is 14.7. The summed E-state index contributed by atoms with van der Waals surface area (Å²) in [6.45, 7) is 3.45. The van der Waals surface area contributed by atoms with Crippen molar-refractivity contribution in [3.05, 3.63) is 65.2 Å². The first-order valence-electron chi connectivity index (χ1n) is 9.66. The number of nitrogens with one attached hydrogen (secondary N) is 1. The van der Waals surface area contributed by atoms with Crippen LogP contribution in [0.1, 0.15) is 30.3 Å². The van der Waals surface area contributed by atoms with Crippen molar-refractivity contribution in [1.29, 1.82) is 0 Å². The number of anilines is 1. The summed E-state index contributed by atoms with van der Waals surface area (Å²) < 4.78 is 49.3. The largest absolute Gasteiger partial charge is 0.497 e. The Morgan fingerprint density at radius 1 is 1.23 bits per heavy atom. The third-order valence-electron chi connectivity index (χ3n) is 4.69. The molecule has 0 bridgehead atoms. The van der Waals surface area contributed by atoms with Gasteiger partial charge in [-0.25, -0.2) is 17.8 Å². The third kappa shape index (κ3) is 5.78. The predicted octanol–water partition coefficient (Wildman–Crippen LogP) is 3.53. The van der Waals surface area contributed by atoms with E-state index in [-0.39, 0.29) is 23.2 Å². The molecule has 166 valence electrons. The van der Waals surface area contributed by atoms with Crippen molar-refractivity contribution in [2.45, 2.75) is 43.0 Å². The van der Waals surface area contributed by atoms with Crippen LogP contribution in [0.25, 0.3) is 0 Å². The van der Waals surface area contributed by atoms with Crippen LogP contribution < -0.4 is 15.8 Å². The standard InChI is InChI=1S/C21H25FN4O3S2/c1-13-10-15(4-9-18(13)22)12-19-24-21(30-26-19)25-20(11-14(2)23)31(27,28)17-7-5-16(29-3)6-8-17/h4-10,14,20H,11-12,23H2,1-3H3,(H,24,25,26). The minimum absolute atomic E-state index is 0.165. The molecule has 3 rings (SSSR count). The molecule has 0 fully saturated rings. The lowest BCUT2D eigenvalue weighted by Crippen LogP contribution is -2.35. The van der Waals surface area contributed by atoms with Crippen LogP contribution >= 0.6 is 11.5 Å². The van der Waals surface area contributed by atoms with Gasteiger partial charge in [0, 0.05) is 24.0 Å². The molecule has 10 heteroatoms. The van der Waals surface area contributed by atoms with E-state index < -0.39 is 15.2 Å². The molecule has 0 amide bonds. The molecular weight excluding hydrogens is 439 g/mol. The average molecular weight is 465 g/mol. The van der Waals surface area contributed by atoms with Crippen molar-refractivity contribution in [3.8, 4) is 5.75 Å². The van der Waals surface area contributed by atoms with Crippen LogP contribution in [0.4, 0.5) is 9.52 Å². The second-order valence-electron chi connectivity index (χ2n) is 7.34. The fraction of sp³-hybridized carbons (Fsp3) is 0.333. The van der Waals surface area contributed by atoms with Crippen molar-refractivity contribution in [2.24, 2.45) is 5.73 Å². The highest BCUT2D eigenvalue weighted by Crippen LogP contribution is 2.25. The molecule has 0 aliphatic heterocycles. The van der Waals surface area contributed by atoms with Crippen LogP contribution in [0.5, 0.6) is 5.75 Å². The summed E-state index contributed by atoms with van der Waals surface area (Å²) in [5, 5.41) is 2.41. The molecule has 0 saturated carbocycles. The van der Waals surface area contributed by atoms with E-state index in [4.69, 9.17) is 10.5 Å². The van der Waals surface area contributed by atoms with E-state index >= 15 is 0 Å². The molecule has 7 nitrogen and oxygen atoms in total. The lowest BCUT2D eigenvalue weighted by Gasteiger charge is -2.20. The smallest absolute Gasteiger partial charge is 0.203 e. The van der Waals surface area contributed by atoms with E-state index in [0.717, 1.165) is 17.1 Å². The van der Waals surface area contributed by atoms with E-state index in [1.807, 2.05) is 0 Å². The lowest BCUT2D eigenvalue weighted by atomic mass is 10.1. The molecule has 31 heavy (non-hydrogen) atoms. The number of benzene rings is 2. The molecule has 2 unspecified atom stereocenters. The summed E-state index contributed by atoms with van der Waals surface area (Å²) in [4.78, 5) is 4.58. The molecule has 2 aromatic carbocycles. The summed E-state index contributed by atoms with van der Waals surface area (Å²) in [7, 11) is -2.21. The predicted molar refractivity (Wildman–Crippen MR) is 120 cm³/mol. The zero-order chi connectivity index (χ0) is 22.6. The lowest BCUT2D eigenvalue weighted by molar-refractivity contribution is 0.414. The van der Waals surface area contributed by atoms with Crippen molar-refractivity contribution in [3.63, 3.8) is 0 Å². The second-order valence-corrected chi connectivity index (χ2v) is 10.2. The number of aryl methyl sites for hydroxylation is 1. The molecule has 2 atom stereocenters. The van der Waals surface area contributed by atoms with Crippen LogP contribution in [0.2, 0.25) is 0 Å². The zero-order valence-corrected chi connectivity index (χ0v) is 19.1. The average Bonchev–Trinajstić information content (AvgIpc) is 3.17. The van der Waals surface area contributed by atoms with Gasteiger partial charge in [0.05, 0.1) is 12.0 Å². The van der Waals surface area contributed by atoms with Gasteiger partial charge in [-0.05, 0) is 61.7 Å². The topological polar surface area (TPSA) is 107 Å². The molecule has 0 aliphatic rings. The number of rotatable bonds is 9. The van der Waals surface area contributed by atoms with Crippen LogP contribution in [0, 0.1) is 12.7 Å². The van der Waals surface area contributed by atoms with Gasteiger partial charge in [0.15, 0.2) is 9.84 Å². The Hall–Kier alpha value is -2.56. The highest BCUT2D eigenvalue weighted by molar-refractivity contribution is 7.92. The number of nitrogens with zero attached hydrogens (tertiary/aromatic N) is 2. The Labute approximate surface area is 185 Å². The first-order valence-corrected chi connectivity index (χ1v) is 12.0. The van der Waals surface area contributed by atoms with Gasteiger partial charge in [-0.2, -0.15) is 4.37 Å². The Bertz CT molecular complexity index is 1130. The Morgan fingerprint density at radius 3 is 2.55 bits per heavy atom. The first kappa shape index (κ1) is 23.1. The Kier molecular flexibility index (Phi) is 7.24. The monoisotopic (exact) mass is 464 g/mol. The van der Waals surface area contributed by atoms with Gasteiger partial charge in [-0.1, -0.05) is 12.1 Å². The fourth-order valence-electron chi connectivity index (χ4n) is 3.05. The maximum Gasteiger partial charge on any atom is 0.203 e. The summed E-state index contributed by atoms with van der Waals surface area (Å²) in [6.07, 6.45) is 0.614. The third-order valence-corrected chi connectivity index (χ3v) is 7.36. The number of hydrogen-bond donors (Lipinski definition) is 2. The maximum atomic E-state index is 13.5. The fourth-order valence-corrected chi connectivity index (χ4v) is 5.43. The van der Waals surface area contributed by atoms with E-state index in [9.17, 15) is 12.8 Å². The summed E-state index contributed by atoms with van der Waals surface area (Å²) in [5.74, 6) is 0.833. The van der Waals surface area contributed by atoms with Gasteiger partial charge in [0.1, 0.15) is 22.8 Å². The van der Waals surface area contributed by atoms with Crippen molar-refractivity contribution in [2.75, 3.05) is 12.4 Å². The highest BCUT2D eigenvalue weighted by Gasteiger charge is 2.29. The van der Waals surface area contributed by atoms with E-state index in [0.29, 0.717) is 28.7 Å². The second kappa shape index (κ2) is 9.71. The summed E-state index contributed by atoms with van der Waals surface area (Å²) in [6, 6.07) is 10.7. The minimum atomic E-state index is -3.73. The summed E-state index contributed by atoms with van der Waals surface area (Å²) >= 11 is 1.08. The number of aromatic nitrogens is 2. The molecule has 1 aromatic heterocycles. The van der Waals surface area contributed by atoms with Crippen LogP contribution in [0.15, 0.2) is 47.4 Å². The Balaban J connectivity index is 1.80.